The van der Waals surface area contributed by atoms with Gasteiger partial charge in [0.2, 0.25) is 0 Å². The number of hydrogen-bond acceptors (Lipinski definition) is 3. The molecule has 0 bridgehead atoms. The molecular formula is C19H21ClN2O2S. The van der Waals surface area contributed by atoms with E-state index in [9.17, 15) is 4.79 Å². The summed E-state index contributed by atoms with van der Waals surface area (Å²) in [7, 11) is 0. The first-order chi connectivity index (χ1) is 11.9. The fourth-order valence-electron chi connectivity index (χ4n) is 2.29. The van der Waals surface area contributed by atoms with Gasteiger partial charge in [-0.3, -0.25) is 10.1 Å². The minimum absolute atomic E-state index is 0.111. The van der Waals surface area contributed by atoms with Crippen LogP contribution in [0.3, 0.4) is 0 Å². The number of thiocarbonyl (C=S) groups is 1. The zero-order valence-electron chi connectivity index (χ0n) is 14.4. The van der Waals surface area contributed by atoms with Gasteiger partial charge in [-0.05, 0) is 54.4 Å². The molecule has 0 fully saturated rings. The van der Waals surface area contributed by atoms with Crippen molar-refractivity contribution in [1.82, 2.24) is 5.32 Å². The zero-order valence-corrected chi connectivity index (χ0v) is 16.0. The third kappa shape index (κ3) is 5.44. The van der Waals surface area contributed by atoms with Gasteiger partial charge in [-0.2, -0.15) is 0 Å². The molecule has 132 valence electrons. The van der Waals surface area contributed by atoms with Gasteiger partial charge in [0.05, 0.1) is 0 Å². The number of benzene rings is 2. The normalized spacial score (nSPS) is 10.4. The first-order valence-electron chi connectivity index (χ1n) is 7.96. The van der Waals surface area contributed by atoms with Crippen LogP contribution in [-0.4, -0.2) is 17.6 Å². The number of para-hydroxylation sites is 1. The number of carbonyl (C=O) groups excluding carboxylic acids is 1. The predicted octanol–water partition coefficient (Wildman–Crippen LogP) is 4.66. The quantitative estimate of drug-likeness (QED) is 0.745. The van der Waals surface area contributed by atoms with Crippen molar-refractivity contribution in [1.29, 1.82) is 0 Å². The van der Waals surface area contributed by atoms with Crippen molar-refractivity contribution in [3.05, 3.63) is 58.6 Å². The fraction of sp³-hybridized carbons (Fsp3) is 0.263. The highest BCUT2D eigenvalue weighted by Gasteiger charge is 2.11. The van der Waals surface area contributed by atoms with Crippen LogP contribution in [0, 0.1) is 6.92 Å². The lowest BCUT2D eigenvalue weighted by Gasteiger charge is -2.15. The first-order valence-corrected chi connectivity index (χ1v) is 8.74. The molecule has 2 rings (SSSR count). The van der Waals surface area contributed by atoms with E-state index >= 15 is 0 Å². The van der Waals surface area contributed by atoms with Crippen molar-refractivity contribution in [2.24, 2.45) is 0 Å². The van der Waals surface area contributed by atoms with Gasteiger partial charge in [-0.15, -0.1) is 0 Å². The molecule has 1 amide bonds. The van der Waals surface area contributed by atoms with Crippen molar-refractivity contribution in [3.63, 3.8) is 0 Å². The molecule has 6 heteroatoms. The second kappa shape index (κ2) is 8.83. The van der Waals surface area contributed by atoms with Crippen molar-refractivity contribution >= 4 is 40.5 Å². The number of carbonyl (C=O) groups is 1. The van der Waals surface area contributed by atoms with Crippen molar-refractivity contribution in [2.75, 3.05) is 11.9 Å². The Morgan fingerprint density at radius 2 is 1.92 bits per heavy atom. The minimum atomic E-state index is -0.323. The molecule has 2 aromatic rings. The Morgan fingerprint density at radius 3 is 2.64 bits per heavy atom. The van der Waals surface area contributed by atoms with Gasteiger partial charge in [0.1, 0.15) is 5.75 Å². The summed E-state index contributed by atoms with van der Waals surface area (Å²) < 4.78 is 5.63. The third-order valence-electron chi connectivity index (χ3n) is 3.67. The molecule has 0 saturated heterocycles. The average molecular weight is 377 g/mol. The SMILES string of the molecule is Cc1c(Cl)cccc1NC(=S)NC(=O)COc1ccccc1C(C)C. The first kappa shape index (κ1) is 19.2. The van der Waals surface area contributed by atoms with E-state index in [0.29, 0.717) is 16.7 Å². The standard InChI is InChI=1S/C19H21ClN2O2S/c1-12(2)14-7-4-5-10-17(14)24-11-18(23)22-19(25)21-16-9-6-8-15(20)13(16)3/h4-10,12H,11H2,1-3H3,(H2,21,22,23,25). The molecule has 2 N–H and O–H groups in total. The molecule has 0 aliphatic heterocycles. The summed E-state index contributed by atoms with van der Waals surface area (Å²) in [6.45, 7) is 5.92. The lowest BCUT2D eigenvalue weighted by Crippen LogP contribution is -2.37. The zero-order chi connectivity index (χ0) is 18.4. The number of amides is 1. The maximum Gasteiger partial charge on any atom is 0.264 e. The van der Waals surface area contributed by atoms with Crippen LogP contribution in [0.4, 0.5) is 5.69 Å². The molecule has 0 spiro atoms. The number of hydrogen-bond donors (Lipinski definition) is 2. The fourth-order valence-corrected chi connectivity index (χ4v) is 2.69. The Bertz CT molecular complexity index is 778. The topological polar surface area (TPSA) is 50.4 Å². The summed E-state index contributed by atoms with van der Waals surface area (Å²) in [4.78, 5) is 12.1. The van der Waals surface area contributed by atoms with Gasteiger partial charge in [-0.25, -0.2) is 0 Å². The van der Waals surface area contributed by atoms with E-state index in [-0.39, 0.29) is 17.6 Å². The Labute approximate surface area is 158 Å². The number of anilines is 1. The predicted molar refractivity (Wildman–Crippen MR) is 107 cm³/mol. The molecule has 0 saturated carbocycles. The Kier molecular flexibility index (Phi) is 6.79. The summed E-state index contributed by atoms with van der Waals surface area (Å²) in [5.74, 6) is 0.695. The summed E-state index contributed by atoms with van der Waals surface area (Å²) in [5.41, 5.74) is 2.68. The van der Waals surface area contributed by atoms with E-state index < -0.39 is 0 Å². The Hall–Kier alpha value is -2.11. The van der Waals surface area contributed by atoms with Gasteiger partial charge in [-0.1, -0.05) is 49.7 Å². The van der Waals surface area contributed by atoms with Crippen LogP contribution in [0.2, 0.25) is 5.02 Å². The van der Waals surface area contributed by atoms with E-state index in [1.807, 2.05) is 43.3 Å². The lowest BCUT2D eigenvalue weighted by atomic mass is 10.0. The maximum absolute atomic E-state index is 12.1. The van der Waals surface area contributed by atoms with Gasteiger partial charge >= 0.3 is 0 Å². The summed E-state index contributed by atoms with van der Waals surface area (Å²) >= 11 is 11.2. The van der Waals surface area contributed by atoms with Crippen LogP contribution in [0.1, 0.15) is 30.9 Å². The number of ether oxygens (including phenoxy) is 1. The molecule has 0 radical (unpaired) electrons. The lowest BCUT2D eigenvalue weighted by molar-refractivity contribution is -0.121. The Balaban J connectivity index is 1.90. The van der Waals surface area contributed by atoms with Gasteiger partial charge in [0.25, 0.3) is 5.91 Å². The molecule has 4 nitrogen and oxygen atoms in total. The van der Waals surface area contributed by atoms with Crippen LogP contribution in [0.5, 0.6) is 5.75 Å². The molecular weight excluding hydrogens is 356 g/mol. The summed E-state index contributed by atoms with van der Waals surface area (Å²) in [6.07, 6.45) is 0. The molecule has 0 unspecified atom stereocenters. The maximum atomic E-state index is 12.1. The van der Waals surface area contributed by atoms with E-state index in [1.165, 1.54) is 0 Å². The van der Waals surface area contributed by atoms with E-state index in [1.54, 1.807) is 6.07 Å². The molecule has 0 atom stereocenters. The summed E-state index contributed by atoms with van der Waals surface area (Å²) in [5, 5.41) is 6.41. The van der Waals surface area contributed by atoms with Crippen LogP contribution < -0.4 is 15.4 Å². The Morgan fingerprint density at radius 1 is 1.20 bits per heavy atom. The molecule has 25 heavy (non-hydrogen) atoms. The largest absolute Gasteiger partial charge is 0.483 e. The smallest absolute Gasteiger partial charge is 0.264 e. The monoisotopic (exact) mass is 376 g/mol. The van der Waals surface area contributed by atoms with Crippen LogP contribution >= 0.6 is 23.8 Å². The van der Waals surface area contributed by atoms with E-state index in [0.717, 1.165) is 16.8 Å². The molecule has 0 aliphatic rings. The molecule has 2 aromatic carbocycles. The van der Waals surface area contributed by atoms with Crippen molar-refractivity contribution < 1.29 is 9.53 Å². The van der Waals surface area contributed by atoms with Crippen molar-refractivity contribution in [3.8, 4) is 5.75 Å². The third-order valence-corrected chi connectivity index (χ3v) is 4.28. The highest BCUT2D eigenvalue weighted by Crippen LogP contribution is 2.25. The van der Waals surface area contributed by atoms with Crippen LogP contribution in [-0.2, 0) is 4.79 Å². The van der Waals surface area contributed by atoms with E-state index in [2.05, 4.69) is 24.5 Å². The van der Waals surface area contributed by atoms with E-state index in [4.69, 9.17) is 28.6 Å². The molecule has 0 aromatic heterocycles. The van der Waals surface area contributed by atoms with Crippen LogP contribution in [0.25, 0.3) is 0 Å². The molecule has 0 aliphatic carbocycles. The summed E-state index contributed by atoms with van der Waals surface area (Å²) in [6, 6.07) is 13.1. The number of nitrogens with one attached hydrogen (secondary N) is 2. The highest BCUT2D eigenvalue weighted by molar-refractivity contribution is 7.80. The minimum Gasteiger partial charge on any atom is -0.483 e. The van der Waals surface area contributed by atoms with Gasteiger partial charge < -0.3 is 10.1 Å². The second-order valence-corrected chi connectivity index (χ2v) is 6.71. The molecule has 0 heterocycles. The van der Waals surface area contributed by atoms with Crippen molar-refractivity contribution in [2.45, 2.75) is 26.7 Å². The van der Waals surface area contributed by atoms with Crippen LogP contribution in [0.15, 0.2) is 42.5 Å². The highest BCUT2D eigenvalue weighted by atomic mass is 35.5. The number of rotatable bonds is 5. The van der Waals surface area contributed by atoms with Gasteiger partial charge in [0.15, 0.2) is 11.7 Å². The van der Waals surface area contributed by atoms with Gasteiger partial charge in [0, 0.05) is 10.7 Å². The second-order valence-electron chi connectivity index (χ2n) is 5.90. The number of halogens is 1. The average Bonchev–Trinajstić information content (AvgIpc) is 2.57.